The van der Waals surface area contributed by atoms with Crippen LogP contribution in [0.25, 0.3) is 5.69 Å². The monoisotopic (exact) mass is 271 g/mol. The van der Waals surface area contributed by atoms with Crippen molar-refractivity contribution in [1.82, 2.24) is 15.1 Å². The Morgan fingerprint density at radius 3 is 2.70 bits per heavy atom. The number of nitrogens with one attached hydrogen (secondary N) is 1. The summed E-state index contributed by atoms with van der Waals surface area (Å²) in [5, 5.41) is 7.89. The highest BCUT2D eigenvalue weighted by atomic mass is 15.3. The highest BCUT2D eigenvalue weighted by Gasteiger charge is 2.00. The largest absolute Gasteiger partial charge is 0.313 e. The molecule has 0 atom stereocenters. The first-order valence-electron chi connectivity index (χ1n) is 7.55. The van der Waals surface area contributed by atoms with Gasteiger partial charge in [0.15, 0.2) is 0 Å². The first-order chi connectivity index (χ1) is 9.75. The number of hydrogen-bond donors (Lipinski definition) is 1. The Bertz CT molecular complexity index is 488. The SMILES string of the molecule is CC(C)CCCCNCc1cnn(-c2ccccc2)c1. The lowest BCUT2D eigenvalue weighted by Crippen LogP contribution is -2.14. The van der Waals surface area contributed by atoms with E-state index in [0.29, 0.717) is 0 Å². The van der Waals surface area contributed by atoms with Gasteiger partial charge >= 0.3 is 0 Å². The summed E-state index contributed by atoms with van der Waals surface area (Å²) >= 11 is 0. The van der Waals surface area contributed by atoms with Crippen molar-refractivity contribution in [3.63, 3.8) is 0 Å². The van der Waals surface area contributed by atoms with Crippen molar-refractivity contribution in [1.29, 1.82) is 0 Å². The Kier molecular flexibility index (Phi) is 5.81. The van der Waals surface area contributed by atoms with Gasteiger partial charge in [-0.15, -0.1) is 0 Å². The van der Waals surface area contributed by atoms with Crippen LogP contribution in [0.4, 0.5) is 0 Å². The fraction of sp³-hybridized carbons (Fsp3) is 0.471. The summed E-state index contributed by atoms with van der Waals surface area (Å²) in [6, 6.07) is 10.2. The van der Waals surface area contributed by atoms with Crippen molar-refractivity contribution in [3.8, 4) is 5.69 Å². The molecule has 0 aliphatic rings. The van der Waals surface area contributed by atoms with Crippen LogP contribution >= 0.6 is 0 Å². The molecule has 2 aromatic rings. The summed E-state index contributed by atoms with van der Waals surface area (Å²) in [5.41, 5.74) is 2.34. The van der Waals surface area contributed by atoms with Crippen LogP contribution < -0.4 is 5.32 Å². The molecule has 1 aromatic carbocycles. The summed E-state index contributed by atoms with van der Waals surface area (Å²) in [5.74, 6) is 0.819. The van der Waals surface area contributed by atoms with Gasteiger partial charge < -0.3 is 5.32 Å². The smallest absolute Gasteiger partial charge is 0.0645 e. The van der Waals surface area contributed by atoms with Crippen LogP contribution in [0.5, 0.6) is 0 Å². The molecule has 108 valence electrons. The molecule has 0 aliphatic carbocycles. The maximum Gasteiger partial charge on any atom is 0.0645 e. The van der Waals surface area contributed by atoms with E-state index >= 15 is 0 Å². The second-order valence-electron chi connectivity index (χ2n) is 5.70. The van der Waals surface area contributed by atoms with Crippen LogP contribution in [-0.2, 0) is 6.54 Å². The van der Waals surface area contributed by atoms with Gasteiger partial charge in [-0.2, -0.15) is 5.10 Å². The van der Waals surface area contributed by atoms with Gasteiger partial charge in [0.25, 0.3) is 0 Å². The third-order valence-corrected chi connectivity index (χ3v) is 3.37. The van der Waals surface area contributed by atoms with Gasteiger partial charge in [0.05, 0.1) is 11.9 Å². The number of nitrogens with zero attached hydrogens (tertiary/aromatic N) is 2. The first kappa shape index (κ1) is 14.8. The van der Waals surface area contributed by atoms with Gasteiger partial charge in [-0.1, -0.05) is 44.9 Å². The van der Waals surface area contributed by atoms with Crippen LogP contribution in [0.2, 0.25) is 0 Å². The van der Waals surface area contributed by atoms with Crippen molar-refractivity contribution < 1.29 is 0 Å². The van der Waals surface area contributed by atoms with Gasteiger partial charge in [-0.05, 0) is 31.0 Å². The van der Waals surface area contributed by atoms with Crippen LogP contribution in [0, 0.1) is 5.92 Å². The minimum atomic E-state index is 0.819. The summed E-state index contributed by atoms with van der Waals surface area (Å²) in [6.45, 7) is 6.55. The van der Waals surface area contributed by atoms with E-state index in [1.807, 2.05) is 29.1 Å². The molecule has 3 nitrogen and oxygen atoms in total. The molecule has 0 amide bonds. The number of hydrogen-bond acceptors (Lipinski definition) is 2. The van der Waals surface area contributed by atoms with Crippen LogP contribution in [0.1, 0.15) is 38.7 Å². The second kappa shape index (κ2) is 7.85. The second-order valence-corrected chi connectivity index (χ2v) is 5.70. The number of unbranched alkanes of at least 4 members (excludes halogenated alkanes) is 1. The molecule has 1 aromatic heterocycles. The predicted molar refractivity (Wildman–Crippen MR) is 84.0 cm³/mol. The van der Waals surface area contributed by atoms with Gasteiger partial charge in [0.2, 0.25) is 0 Å². The third-order valence-electron chi connectivity index (χ3n) is 3.37. The fourth-order valence-corrected chi connectivity index (χ4v) is 2.21. The fourth-order valence-electron chi connectivity index (χ4n) is 2.21. The number of para-hydroxylation sites is 1. The van der Waals surface area contributed by atoms with Crippen molar-refractivity contribution >= 4 is 0 Å². The minimum absolute atomic E-state index is 0.819. The van der Waals surface area contributed by atoms with E-state index in [0.717, 1.165) is 24.7 Å². The molecule has 0 saturated heterocycles. The highest BCUT2D eigenvalue weighted by molar-refractivity contribution is 5.30. The van der Waals surface area contributed by atoms with Crippen molar-refractivity contribution in [3.05, 3.63) is 48.3 Å². The summed E-state index contributed by atoms with van der Waals surface area (Å²) in [7, 11) is 0. The molecule has 20 heavy (non-hydrogen) atoms. The van der Waals surface area contributed by atoms with Crippen molar-refractivity contribution in [2.75, 3.05) is 6.54 Å². The summed E-state index contributed by atoms with van der Waals surface area (Å²) < 4.78 is 1.93. The van der Waals surface area contributed by atoms with E-state index in [-0.39, 0.29) is 0 Å². The van der Waals surface area contributed by atoms with E-state index < -0.39 is 0 Å². The van der Waals surface area contributed by atoms with Gasteiger partial charge in [0, 0.05) is 18.3 Å². The van der Waals surface area contributed by atoms with Gasteiger partial charge in [-0.25, -0.2) is 4.68 Å². The molecular weight excluding hydrogens is 246 g/mol. The molecule has 0 saturated carbocycles. The normalized spacial score (nSPS) is 11.2. The first-order valence-corrected chi connectivity index (χ1v) is 7.55. The Morgan fingerprint density at radius 1 is 1.15 bits per heavy atom. The van der Waals surface area contributed by atoms with E-state index in [9.17, 15) is 0 Å². The topological polar surface area (TPSA) is 29.9 Å². The van der Waals surface area contributed by atoms with E-state index in [4.69, 9.17) is 0 Å². The average Bonchev–Trinajstić information content (AvgIpc) is 2.92. The molecular formula is C17H25N3. The third kappa shape index (κ3) is 4.82. The maximum atomic E-state index is 4.40. The van der Waals surface area contributed by atoms with Crippen molar-refractivity contribution in [2.45, 2.75) is 39.7 Å². The highest BCUT2D eigenvalue weighted by Crippen LogP contribution is 2.08. The van der Waals surface area contributed by atoms with E-state index in [2.05, 4.69) is 42.6 Å². The van der Waals surface area contributed by atoms with Crippen LogP contribution in [0.15, 0.2) is 42.7 Å². The zero-order valence-corrected chi connectivity index (χ0v) is 12.5. The number of aromatic nitrogens is 2. The summed E-state index contributed by atoms with van der Waals surface area (Å²) in [4.78, 5) is 0. The Hall–Kier alpha value is -1.61. The van der Waals surface area contributed by atoms with Gasteiger partial charge in [0.1, 0.15) is 0 Å². The van der Waals surface area contributed by atoms with Gasteiger partial charge in [-0.3, -0.25) is 0 Å². The molecule has 3 heteroatoms. The molecule has 0 radical (unpaired) electrons. The Balaban J connectivity index is 1.71. The zero-order chi connectivity index (χ0) is 14.2. The molecule has 2 rings (SSSR count). The summed E-state index contributed by atoms with van der Waals surface area (Å²) in [6.07, 6.45) is 7.93. The molecule has 1 heterocycles. The lowest BCUT2D eigenvalue weighted by Gasteiger charge is -2.05. The predicted octanol–water partition coefficient (Wildman–Crippen LogP) is 3.79. The molecule has 1 N–H and O–H groups in total. The molecule has 0 bridgehead atoms. The van der Waals surface area contributed by atoms with E-state index in [1.54, 1.807) is 0 Å². The average molecular weight is 271 g/mol. The molecule has 0 unspecified atom stereocenters. The molecule has 0 spiro atoms. The Morgan fingerprint density at radius 2 is 1.95 bits per heavy atom. The Labute approximate surface area is 122 Å². The van der Waals surface area contributed by atoms with Crippen molar-refractivity contribution in [2.24, 2.45) is 5.92 Å². The van der Waals surface area contributed by atoms with E-state index in [1.165, 1.54) is 24.8 Å². The maximum absolute atomic E-state index is 4.40. The molecule has 0 fully saturated rings. The number of rotatable bonds is 8. The van der Waals surface area contributed by atoms with Crippen LogP contribution in [0.3, 0.4) is 0 Å². The molecule has 0 aliphatic heterocycles. The minimum Gasteiger partial charge on any atom is -0.313 e. The quantitative estimate of drug-likeness (QED) is 0.740. The zero-order valence-electron chi connectivity index (χ0n) is 12.5. The lowest BCUT2D eigenvalue weighted by molar-refractivity contribution is 0.520. The standard InChI is InChI=1S/C17H25N3/c1-15(2)8-6-7-11-18-12-16-13-19-20(14-16)17-9-4-3-5-10-17/h3-5,9-10,13-15,18H,6-8,11-12H2,1-2H3. The van der Waals surface area contributed by atoms with Crippen LogP contribution in [-0.4, -0.2) is 16.3 Å². The lowest BCUT2D eigenvalue weighted by atomic mass is 10.1. The number of benzene rings is 1.